The van der Waals surface area contributed by atoms with E-state index in [1.165, 1.54) is 19.1 Å². The number of aliphatic hydroxyl groups is 1. The van der Waals surface area contributed by atoms with Gasteiger partial charge in [0.2, 0.25) is 5.91 Å². The minimum absolute atomic E-state index is 0.187. The average molecular weight is 357 g/mol. The van der Waals surface area contributed by atoms with Crippen LogP contribution in [0.2, 0.25) is 0 Å². The van der Waals surface area contributed by atoms with Crippen molar-refractivity contribution in [1.82, 2.24) is 5.32 Å². The predicted octanol–water partition coefficient (Wildman–Crippen LogP) is 3.13. The zero-order valence-electron chi connectivity index (χ0n) is 14.0. The summed E-state index contributed by atoms with van der Waals surface area (Å²) in [5.41, 5.74) is -2.11. The third kappa shape index (κ3) is 3.53. The van der Waals surface area contributed by atoms with E-state index in [2.05, 4.69) is 5.32 Å². The summed E-state index contributed by atoms with van der Waals surface area (Å²) in [4.78, 5) is 12.5. The van der Waals surface area contributed by atoms with Crippen molar-refractivity contribution in [3.63, 3.8) is 0 Å². The van der Waals surface area contributed by atoms with Gasteiger partial charge in [-0.3, -0.25) is 4.79 Å². The van der Waals surface area contributed by atoms with Gasteiger partial charge in [-0.2, -0.15) is 13.2 Å². The number of amides is 1. The van der Waals surface area contributed by atoms with Crippen molar-refractivity contribution in [2.75, 3.05) is 6.61 Å². The molecule has 4 nitrogen and oxygen atoms in total. The first-order valence-corrected chi connectivity index (χ1v) is 8.46. The number of alkyl halides is 3. The summed E-state index contributed by atoms with van der Waals surface area (Å²) in [5, 5.41) is 12.4. The summed E-state index contributed by atoms with van der Waals surface area (Å²) in [6.45, 7) is 0.992. The zero-order valence-corrected chi connectivity index (χ0v) is 14.0. The SMILES string of the molecule is CC(CO)(NC(=O)C1CCC2(CCC2)O1)c1cccc(C(F)(F)F)c1. The van der Waals surface area contributed by atoms with Crippen molar-refractivity contribution < 1.29 is 27.8 Å². The van der Waals surface area contributed by atoms with Gasteiger partial charge < -0.3 is 15.2 Å². The zero-order chi connectivity index (χ0) is 18.3. The lowest BCUT2D eigenvalue weighted by Gasteiger charge is -2.38. The molecule has 25 heavy (non-hydrogen) atoms. The monoisotopic (exact) mass is 357 g/mol. The summed E-state index contributed by atoms with van der Waals surface area (Å²) in [6.07, 6.45) is -0.699. The molecule has 0 radical (unpaired) electrons. The lowest BCUT2D eigenvalue weighted by atomic mass is 9.78. The molecule has 2 aliphatic rings. The standard InChI is InChI=1S/C18H22F3NO3/c1-16(11-23,12-4-2-5-13(10-12)18(19,20)21)22-15(24)14-6-9-17(25-14)7-3-8-17/h2,4-5,10,14,23H,3,6-9,11H2,1H3,(H,22,24). The van der Waals surface area contributed by atoms with E-state index in [9.17, 15) is 23.1 Å². The highest BCUT2D eigenvalue weighted by Crippen LogP contribution is 2.45. The van der Waals surface area contributed by atoms with Gasteiger partial charge in [0.1, 0.15) is 6.10 Å². The minimum Gasteiger partial charge on any atom is -0.394 e. The maximum Gasteiger partial charge on any atom is 0.416 e. The maximum absolute atomic E-state index is 12.9. The smallest absolute Gasteiger partial charge is 0.394 e. The van der Waals surface area contributed by atoms with Crippen LogP contribution in [-0.4, -0.2) is 29.3 Å². The Balaban J connectivity index is 1.75. The lowest BCUT2D eigenvalue weighted by Crippen LogP contribution is -2.50. The second-order valence-corrected chi connectivity index (χ2v) is 7.24. The summed E-state index contributed by atoms with van der Waals surface area (Å²) in [7, 11) is 0. The highest BCUT2D eigenvalue weighted by atomic mass is 19.4. The first-order chi connectivity index (χ1) is 11.7. The van der Waals surface area contributed by atoms with Gasteiger partial charge in [0, 0.05) is 0 Å². The highest BCUT2D eigenvalue weighted by molar-refractivity contribution is 5.82. The number of aliphatic hydroxyl groups excluding tert-OH is 1. The molecule has 1 spiro atoms. The Kier molecular flexibility index (Phi) is 4.58. The lowest BCUT2D eigenvalue weighted by molar-refractivity contribution is -0.146. The third-order valence-electron chi connectivity index (χ3n) is 5.35. The Hall–Kier alpha value is -1.60. The molecule has 1 saturated heterocycles. The number of hydrogen-bond donors (Lipinski definition) is 2. The molecule has 2 fully saturated rings. The van der Waals surface area contributed by atoms with Crippen molar-refractivity contribution >= 4 is 5.91 Å². The molecule has 138 valence electrons. The minimum atomic E-state index is -4.48. The third-order valence-corrected chi connectivity index (χ3v) is 5.35. The molecule has 2 N–H and O–H groups in total. The van der Waals surface area contributed by atoms with Gasteiger partial charge in [-0.1, -0.05) is 12.1 Å². The molecule has 1 saturated carbocycles. The largest absolute Gasteiger partial charge is 0.416 e. The molecule has 1 heterocycles. The fourth-order valence-corrected chi connectivity index (χ4v) is 3.53. The Bertz CT molecular complexity index is 657. The second-order valence-electron chi connectivity index (χ2n) is 7.24. The molecular weight excluding hydrogens is 335 g/mol. The summed E-state index contributed by atoms with van der Waals surface area (Å²) in [5.74, 6) is -0.391. The first kappa shape index (κ1) is 18.2. The van der Waals surface area contributed by atoms with Gasteiger partial charge in [0.25, 0.3) is 0 Å². The van der Waals surface area contributed by atoms with Gasteiger partial charge in [-0.05, 0) is 56.7 Å². The number of ether oxygens (including phenoxy) is 1. The normalized spacial score (nSPS) is 24.6. The van der Waals surface area contributed by atoms with E-state index in [0.717, 1.165) is 37.8 Å². The number of carbonyl (C=O) groups excluding carboxylic acids is 1. The molecule has 2 atom stereocenters. The van der Waals surface area contributed by atoms with Crippen LogP contribution in [0.25, 0.3) is 0 Å². The summed E-state index contributed by atoms with van der Waals surface area (Å²) < 4.78 is 44.7. The van der Waals surface area contributed by atoms with Crippen LogP contribution in [-0.2, 0) is 21.2 Å². The summed E-state index contributed by atoms with van der Waals surface area (Å²) >= 11 is 0. The van der Waals surface area contributed by atoms with Gasteiger partial charge in [-0.15, -0.1) is 0 Å². The van der Waals surface area contributed by atoms with Crippen molar-refractivity contribution in [2.24, 2.45) is 0 Å². The van der Waals surface area contributed by atoms with Crippen molar-refractivity contribution in [3.8, 4) is 0 Å². The van der Waals surface area contributed by atoms with Crippen LogP contribution >= 0.6 is 0 Å². The van der Waals surface area contributed by atoms with Crippen LogP contribution < -0.4 is 5.32 Å². The number of halogens is 3. The Morgan fingerprint density at radius 3 is 2.52 bits per heavy atom. The maximum atomic E-state index is 12.9. The molecule has 3 rings (SSSR count). The molecule has 1 amide bonds. The molecular formula is C18H22F3NO3. The van der Waals surface area contributed by atoms with Gasteiger partial charge >= 0.3 is 6.18 Å². The quantitative estimate of drug-likeness (QED) is 0.870. The van der Waals surface area contributed by atoms with Crippen molar-refractivity contribution in [2.45, 2.75) is 62.4 Å². The molecule has 1 aliphatic carbocycles. The number of rotatable bonds is 4. The number of benzene rings is 1. The van der Waals surface area contributed by atoms with E-state index in [1.54, 1.807) is 0 Å². The molecule has 1 aromatic carbocycles. The fraction of sp³-hybridized carbons (Fsp3) is 0.611. The van der Waals surface area contributed by atoms with Crippen LogP contribution in [0.15, 0.2) is 24.3 Å². The van der Waals surface area contributed by atoms with E-state index in [1.807, 2.05) is 0 Å². The predicted molar refractivity (Wildman–Crippen MR) is 84.7 cm³/mol. The van der Waals surface area contributed by atoms with Gasteiger partial charge in [0.05, 0.1) is 23.3 Å². The molecule has 2 unspecified atom stereocenters. The molecule has 7 heteroatoms. The number of nitrogens with one attached hydrogen (secondary N) is 1. The Labute approximate surface area is 144 Å². The van der Waals surface area contributed by atoms with E-state index < -0.39 is 35.9 Å². The van der Waals surface area contributed by atoms with E-state index in [0.29, 0.717) is 6.42 Å². The van der Waals surface area contributed by atoms with Crippen molar-refractivity contribution in [1.29, 1.82) is 0 Å². The average Bonchev–Trinajstić information content (AvgIpc) is 3.00. The first-order valence-electron chi connectivity index (χ1n) is 8.46. The van der Waals surface area contributed by atoms with Gasteiger partial charge in [-0.25, -0.2) is 0 Å². The number of carbonyl (C=O) groups is 1. The van der Waals surface area contributed by atoms with Gasteiger partial charge in [0.15, 0.2) is 0 Å². The van der Waals surface area contributed by atoms with Crippen LogP contribution in [0, 0.1) is 0 Å². The topological polar surface area (TPSA) is 58.6 Å². The molecule has 0 bridgehead atoms. The Morgan fingerprint density at radius 1 is 1.32 bits per heavy atom. The van der Waals surface area contributed by atoms with E-state index >= 15 is 0 Å². The second kappa shape index (κ2) is 6.29. The Morgan fingerprint density at radius 2 is 2.00 bits per heavy atom. The highest BCUT2D eigenvalue weighted by Gasteiger charge is 2.47. The molecule has 1 aromatic rings. The van der Waals surface area contributed by atoms with Crippen molar-refractivity contribution in [3.05, 3.63) is 35.4 Å². The molecule has 1 aliphatic heterocycles. The van der Waals surface area contributed by atoms with Crippen LogP contribution in [0.1, 0.15) is 50.2 Å². The van der Waals surface area contributed by atoms with Crippen LogP contribution in [0.3, 0.4) is 0 Å². The fourth-order valence-electron chi connectivity index (χ4n) is 3.53. The van der Waals surface area contributed by atoms with Crippen LogP contribution in [0.4, 0.5) is 13.2 Å². The molecule has 0 aromatic heterocycles. The van der Waals surface area contributed by atoms with E-state index in [-0.39, 0.29) is 11.2 Å². The van der Waals surface area contributed by atoms with Crippen LogP contribution in [0.5, 0.6) is 0 Å². The number of hydrogen-bond acceptors (Lipinski definition) is 3. The van der Waals surface area contributed by atoms with E-state index in [4.69, 9.17) is 4.74 Å². The summed E-state index contributed by atoms with van der Waals surface area (Å²) in [6, 6.07) is 4.66.